The molecule has 0 spiro atoms. The highest BCUT2D eigenvalue weighted by molar-refractivity contribution is 7.90. The Bertz CT molecular complexity index is 1780. The second-order valence-corrected chi connectivity index (χ2v) is 13.3. The number of anilines is 2. The fourth-order valence-corrected chi connectivity index (χ4v) is 6.11. The molecular formula is C32H34ClFN4O5S. The third kappa shape index (κ3) is 7.06. The molecule has 3 aromatic carbocycles. The SMILES string of the molecule is CCC(NCCS(C)(=O)=O)C1(c2cc3c(Nc4ccc(OCc5cccc(F)c5)c(Cl)c4)ncnc3cc2OC)CC=CO1. The number of benzene rings is 3. The first kappa shape index (κ1) is 31.5. The number of ether oxygens (including phenoxy) is 3. The summed E-state index contributed by atoms with van der Waals surface area (Å²) in [6.07, 6.45) is 7.54. The van der Waals surface area contributed by atoms with Crippen LogP contribution in [-0.2, 0) is 26.8 Å². The van der Waals surface area contributed by atoms with E-state index in [1.807, 2.05) is 31.2 Å². The first-order valence-corrected chi connectivity index (χ1v) is 16.6. The minimum atomic E-state index is -3.14. The van der Waals surface area contributed by atoms with Crippen LogP contribution in [0.25, 0.3) is 10.9 Å². The van der Waals surface area contributed by atoms with Gasteiger partial charge in [0.25, 0.3) is 0 Å². The highest BCUT2D eigenvalue weighted by atomic mass is 35.5. The molecule has 0 aliphatic carbocycles. The smallest absolute Gasteiger partial charge is 0.155 e. The van der Waals surface area contributed by atoms with Gasteiger partial charge >= 0.3 is 0 Å². The molecule has 1 aliphatic rings. The molecule has 0 saturated carbocycles. The van der Waals surface area contributed by atoms with Crippen LogP contribution in [0.2, 0.25) is 5.02 Å². The normalized spacial score (nSPS) is 16.9. The molecule has 44 heavy (non-hydrogen) atoms. The van der Waals surface area contributed by atoms with Gasteiger partial charge in [0.2, 0.25) is 0 Å². The first-order valence-electron chi connectivity index (χ1n) is 14.1. The minimum absolute atomic E-state index is 0.0148. The lowest BCUT2D eigenvalue weighted by molar-refractivity contribution is -0.000294. The molecule has 0 radical (unpaired) electrons. The molecule has 12 heteroatoms. The van der Waals surface area contributed by atoms with Crippen molar-refractivity contribution in [1.82, 2.24) is 15.3 Å². The zero-order chi connectivity index (χ0) is 31.3. The van der Waals surface area contributed by atoms with Crippen LogP contribution in [0.5, 0.6) is 11.5 Å². The van der Waals surface area contributed by atoms with Gasteiger partial charge in [-0.25, -0.2) is 22.8 Å². The van der Waals surface area contributed by atoms with Crippen LogP contribution < -0.4 is 20.1 Å². The molecule has 2 heterocycles. The zero-order valence-corrected chi connectivity index (χ0v) is 26.2. The molecule has 9 nitrogen and oxygen atoms in total. The van der Waals surface area contributed by atoms with Crippen molar-refractivity contribution in [2.24, 2.45) is 0 Å². The number of hydrogen-bond acceptors (Lipinski definition) is 9. The summed E-state index contributed by atoms with van der Waals surface area (Å²) in [5, 5.41) is 7.85. The summed E-state index contributed by atoms with van der Waals surface area (Å²) in [7, 11) is -1.54. The van der Waals surface area contributed by atoms with Crippen LogP contribution in [0, 0.1) is 5.82 Å². The minimum Gasteiger partial charge on any atom is -0.496 e. The van der Waals surface area contributed by atoms with Crippen LogP contribution in [0.4, 0.5) is 15.9 Å². The zero-order valence-electron chi connectivity index (χ0n) is 24.6. The molecule has 2 unspecified atom stereocenters. The Morgan fingerprint density at radius 2 is 1.98 bits per heavy atom. The molecule has 5 rings (SSSR count). The Balaban J connectivity index is 1.44. The predicted octanol–water partition coefficient (Wildman–Crippen LogP) is 6.30. The van der Waals surface area contributed by atoms with E-state index in [0.717, 1.165) is 10.9 Å². The summed E-state index contributed by atoms with van der Waals surface area (Å²) < 4.78 is 55.1. The maximum atomic E-state index is 13.5. The van der Waals surface area contributed by atoms with Gasteiger partial charge in [0.15, 0.2) is 5.60 Å². The number of hydrogen-bond donors (Lipinski definition) is 2. The number of nitrogens with one attached hydrogen (secondary N) is 2. The Labute approximate surface area is 261 Å². The third-order valence-electron chi connectivity index (χ3n) is 7.52. The lowest BCUT2D eigenvalue weighted by Gasteiger charge is -2.38. The molecule has 4 aromatic rings. The summed E-state index contributed by atoms with van der Waals surface area (Å²) in [6, 6.07) is 15.1. The van der Waals surface area contributed by atoms with Gasteiger partial charge < -0.3 is 24.8 Å². The Morgan fingerprint density at radius 3 is 2.66 bits per heavy atom. The molecule has 232 valence electrons. The highest BCUT2D eigenvalue weighted by Gasteiger charge is 2.45. The average molecular weight is 641 g/mol. The van der Waals surface area contributed by atoms with E-state index in [1.54, 1.807) is 37.6 Å². The van der Waals surface area contributed by atoms with Crippen molar-refractivity contribution < 1.29 is 27.0 Å². The number of nitrogens with zero attached hydrogens (tertiary/aromatic N) is 2. The average Bonchev–Trinajstić information content (AvgIpc) is 3.49. The molecule has 2 atom stereocenters. The maximum Gasteiger partial charge on any atom is 0.155 e. The van der Waals surface area contributed by atoms with Gasteiger partial charge in [-0.2, -0.15) is 0 Å². The van der Waals surface area contributed by atoms with E-state index in [2.05, 4.69) is 20.6 Å². The van der Waals surface area contributed by atoms with Crippen molar-refractivity contribution in [3.63, 3.8) is 0 Å². The van der Waals surface area contributed by atoms with Crippen LogP contribution >= 0.6 is 11.6 Å². The van der Waals surface area contributed by atoms with Crippen molar-refractivity contribution in [3.05, 3.63) is 95.2 Å². The van der Waals surface area contributed by atoms with E-state index < -0.39 is 15.4 Å². The molecule has 0 saturated heterocycles. The van der Waals surface area contributed by atoms with Gasteiger partial charge in [-0.15, -0.1) is 0 Å². The molecule has 0 amide bonds. The summed E-state index contributed by atoms with van der Waals surface area (Å²) in [5.41, 5.74) is 1.96. The third-order valence-corrected chi connectivity index (χ3v) is 8.76. The van der Waals surface area contributed by atoms with Crippen molar-refractivity contribution in [1.29, 1.82) is 0 Å². The maximum absolute atomic E-state index is 13.5. The lowest BCUT2D eigenvalue weighted by atomic mass is 9.81. The number of aromatic nitrogens is 2. The van der Waals surface area contributed by atoms with Gasteiger partial charge in [-0.05, 0) is 54.5 Å². The van der Waals surface area contributed by atoms with Gasteiger partial charge in [0.1, 0.15) is 45.9 Å². The van der Waals surface area contributed by atoms with E-state index in [4.69, 9.17) is 25.8 Å². The van der Waals surface area contributed by atoms with Crippen molar-refractivity contribution in [2.45, 2.75) is 38.0 Å². The Morgan fingerprint density at radius 1 is 1.14 bits per heavy atom. The van der Waals surface area contributed by atoms with Gasteiger partial charge in [-0.3, -0.25) is 0 Å². The van der Waals surface area contributed by atoms with Crippen LogP contribution in [-0.4, -0.2) is 50.1 Å². The largest absolute Gasteiger partial charge is 0.496 e. The second-order valence-electron chi connectivity index (χ2n) is 10.6. The molecule has 0 fully saturated rings. The van der Waals surface area contributed by atoms with Gasteiger partial charge in [0, 0.05) is 41.9 Å². The molecule has 2 N–H and O–H groups in total. The van der Waals surface area contributed by atoms with E-state index in [-0.39, 0.29) is 30.8 Å². The summed E-state index contributed by atoms with van der Waals surface area (Å²) in [6.45, 7) is 2.49. The van der Waals surface area contributed by atoms with Crippen LogP contribution in [0.15, 0.2) is 73.3 Å². The standard InChI is InChI=1S/C32H34ClFN4O5S/c1-4-30(35-12-14-44(3,39)40)32(11-6-13-43-32)25-17-24-27(18-29(25)41-2)36-20-37-31(24)38-23-9-10-28(26(33)16-23)42-19-21-7-5-8-22(34)15-21/h5-10,13,15-18,20,30,35H,4,11-12,14,19H2,1-3H3,(H,36,37,38). The molecular weight excluding hydrogens is 607 g/mol. The number of halogens is 2. The van der Waals surface area contributed by atoms with Crippen molar-refractivity contribution in [3.8, 4) is 11.5 Å². The first-order chi connectivity index (χ1) is 21.1. The molecule has 0 bridgehead atoms. The van der Waals surface area contributed by atoms with Crippen LogP contribution in [0.1, 0.15) is 30.9 Å². The number of rotatable bonds is 13. The van der Waals surface area contributed by atoms with Gasteiger partial charge in [0.05, 0.1) is 35.7 Å². The monoisotopic (exact) mass is 640 g/mol. The summed E-state index contributed by atoms with van der Waals surface area (Å²) >= 11 is 6.54. The van der Waals surface area contributed by atoms with E-state index in [9.17, 15) is 12.8 Å². The summed E-state index contributed by atoms with van der Waals surface area (Å²) in [4.78, 5) is 8.99. The predicted molar refractivity (Wildman–Crippen MR) is 170 cm³/mol. The van der Waals surface area contributed by atoms with E-state index in [0.29, 0.717) is 51.9 Å². The Kier molecular flexibility index (Phi) is 9.57. The summed E-state index contributed by atoms with van der Waals surface area (Å²) in [5.74, 6) is 1.29. The van der Waals surface area contributed by atoms with Crippen LogP contribution in [0.3, 0.4) is 0 Å². The fraction of sp³-hybridized carbons (Fsp3) is 0.312. The lowest BCUT2D eigenvalue weighted by Crippen LogP contribution is -2.49. The topological polar surface area (TPSA) is 112 Å². The van der Waals surface area contributed by atoms with Crippen molar-refractivity contribution in [2.75, 3.05) is 31.0 Å². The Hall–Kier alpha value is -3.93. The number of sulfone groups is 1. The molecule has 1 aliphatic heterocycles. The van der Waals surface area contributed by atoms with Gasteiger partial charge in [-0.1, -0.05) is 30.7 Å². The highest BCUT2D eigenvalue weighted by Crippen LogP contribution is 2.45. The molecule has 1 aromatic heterocycles. The van der Waals surface area contributed by atoms with Crippen molar-refractivity contribution >= 4 is 43.8 Å². The number of methoxy groups -OCH3 is 1. The fourth-order valence-electron chi connectivity index (χ4n) is 5.39. The number of fused-ring (bicyclic) bond motifs is 1. The second kappa shape index (κ2) is 13.4. The quantitative estimate of drug-likeness (QED) is 0.174. The van der Waals surface area contributed by atoms with E-state index in [1.165, 1.54) is 24.7 Å². The van der Waals surface area contributed by atoms with E-state index >= 15 is 0 Å².